The number of anilines is 1. The van der Waals surface area contributed by atoms with E-state index in [0.29, 0.717) is 18.0 Å². The molecule has 1 aromatic carbocycles. The molecule has 9 nitrogen and oxygen atoms in total. The predicted molar refractivity (Wildman–Crippen MR) is 121 cm³/mol. The Bertz CT molecular complexity index is 1040. The largest absolute Gasteiger partial charge is 0.494 e. The molecule has 4 rings (SSSR count). The summed E-state index contributed by atoms with van der Waals surface area (Å²) in [5.74, 6) is -0.602. The topological polar surface area (TPSA) is 103 Å². The Morgan fingerprint density at radius 2 is 1.88 bits per heavy atom. The van der Waals surface area contributed by atoms with Crippen LogP contribution in [0.2, 0.25) is 0 Å². The van der Waals surface area contributed by atoms with Crippen molar-refractivity contribution in [3.63, 3.8) is 0 Å². The van der Waals surface area contributed by atoms with Gasteiger partial charge in [-0.15, -0.1) is 0 Å². The van der Waals surface area contributed by atoms with E-state index < -0.39 is 17.4 Å². The third kappa shape index (κ3) is 4.31. The van der Waals surface area contributed by atoms with E-state index in [0.717, 1.165) is 25.7 Å². The first-order valence-electron chi connectivity index (χ1n) is 11.4. The van der Waals surface area contributed by atoms with Gasteiger partial charge in [0.1, 0.15) is 17.0 Å². The summed E-state index contributed by atoms with van der Waals surface area (Å²) in [7, 11) is 1.26. The Labute approximate surface area is 193 Å². The lowest BCUT2D eigenvalue weighted by Crippen LogP contribution is -2.65. The number of benzene rings is 1. The number of esters is 1. The van der Waals surface area contributed by atoms with Crippen LogP contribution < -0.4 is 15.0 Å². The summed E-state index contributed by atoms with van der Waals surface area (Å²) in [5.41, 5.74) is -0.415. The average molecular weight is 455 g/mol. The number of amides is 2. The molecule has 2 aliphatic rings. The lowest BCUT2D eigenvalue weighted by atomic mass is 9.91. The smallest absolute Gasteiger partial charge is 0.358 e. The Balaban J connectivity index is 1.73. The number of nitrogens with one attached hydrogen (secondary N) is 1. The fourth-order valence-corrected chi connectivity index (χ4v) is 4.64. The highest BCUT2D eigenvalue weighted by Crippen LogP contribution is 2.34. The minimum Gasteiger partial charge on any atom is -0.494 e. The average Bonchev–Trinajstić information content (AvgIpc) is 3.24. The molecule has 33 heavy (non-hydrogen) atoms. The maximum Gasteiger partial charge on any atom is 0.358 e. The summed E-state index contributed by atoms with van der Waals surface area (Å²) >= 11 is 0. The third-order valence-corrected chi connectivity index (χ3v) is 6.38. The van der Waals surface area contributed by atoms with E-state index in [2.05, 4.69) is 10.4 Å². The van der Waals surface area contributed by atoms with Crippen LogP contribution in [0.25, 0.3) is 0 Å². The molecule has 0 spiro atoms. The Kier molecular flexibility index (Phi) is 6.40. The number of aromatic nitrogens is 2. The second-order valence-corrected chi connectivity index (χ2v) is 8.71. The lowest BCUT2D eigenvalue weighted by Gasteiger charge is -2.44. The van der Waals surface area contributed by atoms with Crippen LogP contribution in [0.3, 0.4) is 0 Å². The van der Waals surface area contributed by atoms with E-state index in [4.69, 9.17) is 9.47 Å². The monoisotopic (exact) mass is 454 g/mol. The Hall–Kier alpha value is -3.36. The lowest BCUT2D eigenvalue weighted by molar-refractivity contribution is -0.127. The van der Waals surface area contributed by atoms with Crippen LogP contribution >= 0.6 is 0 Å². The van der Waals surface area contributed by atoms with Gasteiger partial charge in [-0.25, -0.2) is 4.79 Å². The molecule has 1 aliphatic carbocycles. The number of rotatable bonds is 6. The van der Waals surface area contributed by atoms with Crippen LogP contribution in [0, 0.1) is 0 Å². The molecule has 176 valence electrons. The molecular formula is C24H30N4O5. The van der Waals surface area contributed by atoms with E-state index >= 15 is 0 Å². The number of ether oxygens (including phenoxy) is 2. The summed E-state index contributed by atoms with van der Waals surface area (Å²) in [6, 6.07) is 8.58. The van der Waals surface area contributed by atoms with Crippen molar-refractivity contribution < 1.29 is 23.9 Å². The SMILES string of the molecule is CCOc1ccc(N2C(=O)c3cc(C(=O)OC)nn3C[C@]2(C)C(=O)NC2CCCCC2)cc1. The van der Waals surface area contributed by atoms with Crippen LogP contribution in [0.5, 0.6) is 5.75 Å². The minimum absolute atomic E-state index is 0.0319. The van der Waals surface area contributed by atoms with Crippen molar-refractivity contribution >= 4 is 23.5 Å². The molecule has 0 saturated heterocycles. The molecule has 1 atom stereocenters. The molecule has 1 aromatic heterocycles. The fourth-order valence-electron chi connectivity index (χ4n) is 4.64. The molecule has 1 N–H and O–H groups in total. The molecule has 0 radical (unpaired) electrons. The number of nitrogens with zero attached hydrogens (tertiary/aromatic N) is 3. The maximum absolute atomic E-state index is 13.7. The van der Waals surface area contributed by atoms with Gasteiger partial charge >= 0.3 is 5.97 Å². The van der Waals surface area contributed by atoms with Crippen molar-refractivity contribution in [2.45, 2.75) is 64.1 Å². The second-order valence-electron chi connectivity index (χ2n) is 8.71. The number of carbonyl (C=O) groups excluding carboxylic acids is 3. The van der Waals surface area contributed by atoms with Crippen LogP contribution in [-0.2, 0) is 16.1 Å². The third-order valence-electron chi connectivity index (χ3n) is 6.38. The number of hydrogen-bond donors (Lipinski definition) is 1. The highest BCUT2D eigenvalue weighted by atomic mass is 16.5. The van der Waals surface area contributed by atoms with Crippen LogP contribution in [0.1, 0.15) is 66.9 Å². The van der Waals surface area contributed by atoms with Gasteiger partial charge < -0.3 is 14.8 Å². The molecule has 2 aromatic rings. The van der Waals surface area contributed by atoms with E-state index in [1.807, 2.05) is 6.92 Å². The van der Waals surface area contributed by atoms with E-state index in [-0.39, 0.29) is 29.9 Å². The van der Waals surface area contributed by atoms with Crippen LogP contribution in [0.15, 0.2) is 30.3 Å². The van der Waals surface area contributed by atoms with Crippen molar-refractivity contribution in [1.82, 2.24) is 15.1 Å². The summed E-state index contributed by atoms with van der Waals surface area (Å²) in [6.45, 7) is 4.27. The first-order chi connectivity index (χ1) is 15.9. The van der Waals surface area contributed by atoms with Crippen LogP contribution in [0.4, 0.5) is 5.69 Å². The molecule has 2 heterocycles. The second kappa shape index (κ2) is 9.25. The first kappa shape index (κ1) is 22.8. The van der Waals surface area contributed by atoms with Crippen molar-refractivity contribution in [2.24, 2.45) is 0 Å². The molecule has 1 saturated carbocycles. The zero-order chi connectivity index (χ0) is 23.6. The van der Waals surface area contributed by atoms with Crippen LogP contribution in [-0.4, -0.2) is 52.9 Å². The van der Waals surface area contributed by atoms with Gasteiger partial charge in [0.15, 0.2) is 5.69 Å². The zero-order valence-corrected chi connectivity index (χ0v) is 19.3. The molecule has 0 bridgehead atoms. The number of fused-ring (bicyclic) bond motifs is 1. The Morgan fingerprint density at radius 3 is 2.52 bits per heavy atom. The van der Waals surface area contributed by atoms with Gasteiger partial charge in [0.25, 0.3) is 5.91 Å². The van der Waals surface area contributed by atoms with Crippen molar-refractivity contribution in [2.75, 3.05) is 18.6 Å². The number of carbonyl (C=O) groups is 3. The van der Waals surface area contributed by atoms with E-state index in [9.17, 15) is 14.4 Å². The summed E-state index contributed by atoms with van der Waals surface area (Å²) < 4.78 is 11.7. The number of hydrogen-bond acceptors (Lipinski definition) is 6. The van der Waals surface area contributed by atoms with Gasteiger partial charge in [-0.3, -0.25) is 19.2 Å². The Morgan fingerprint density at radius 1 is 1.18 bits per heavy atom. The zero-order valence-electron chi connectivity index (χ0n) is 19.3. The summed E-state index contributed by atoms with van der Waals surface area (Å²) in [5, 5.41) is 7.42. The van der Waals surface area contributed by atoms with Crippen molar-refractivity contribution in [3.8, 4) is 5.75 Å². The standard InChI is InChI=1S/C24H30N4O5/c1-4-33-18-12-10-17(11-13-18)28-21(29)20-14-19(22(30)32-3)26-27(20)15-24(28,2)23(31)25-16-8-6-5-7-9-16/h10-14,16H,4-9,15H2,1-3H3,(H,25,31)/t24-/m1/s1. The van der Waals surface area contributed by atoms with E-state index in [1.165, 1.54) is 29.2 Å². The summed E-state index contributed by atoms with van der Waals surface area (Å²) in [6.07, 6.45) is 5.19. The van der Waals surface area contributed by atoms with Gasteiger partial charge in [-0.05, 0) is 51.0 Å². The van der Waals surface area contributed by atoms with E-state index in [1.54, 1.807) is 31.2 Å². The minimum atomic E-state index is -1.24. The van der Waals surface area contributed by atoms with Crippen molar-refractivity contribution in [3.05, 3.63) is 41.7 Å². The molecule has 9 heteroatoms. The summed E-state index contributed by atoms with van der Waals surface area (Å²) in [4.78, 5) is 40.8. The highest BCUT2D eigenvalue weighted by Gasteiger charge is 2.49. The molecular weight excluding hydrogens is 424 g/mol. The molecule has 1 fully saturated rings. The maximum atomic E-state index is 13.7. The fraction of sp³-hybridized carbons (Fsp3) is 0.500. The van der Waals surface area contributed by atoms with Gasteiger partial charge in [-0.1, -0.05) is 19.3 Å². The van der Waals surface area contributed by atoms with Gasteiger partial charge in [0, 0.05) is 17.8 Å². The molecule has 2 amide bonds. The quantitative estimate of drug-likeness (QED) is 0.674. The first-order valence-corrected chi connectivity index (χ1v) is 11.4. The van der Waals surface area contributed by atoms with Crippen molar-refractivity contribution in [1.29, 1.82) is 0 Å². The number of methoxy groups -OCH3 is 1. The molecule has 1 aliphatic heterocycles. The van der Waals surface area contributed by atoms with Gasteiger partial charge in [0.05, 0.1) is 20.3 Å². The molecule has 0 unspecified atom stereocenters. The van der Waals surface area contributed by atoms with Gasteiger partial charge in [-0.2, -0.15) is 5.10 Å². The highest BCUT2D eigenvalue weighted by molar-refractivity contribution is 6.12. The van der Waals surface area contributed by atoms with Gasteiger partial charge in [0.2, 0.25) is 5.91 Å². The normalized spacial score (nSPS) is 20.8. The predicted octanol–water partition coefficient (Wildman–Crippen LogP) is 2.94.